The molecule has 1 heterocycles. The fourth-order valence-corrected chi connectivity index (χ4v) is 2.74. The summed E-state index contributed by atoms with van der Waals surface area (Å²) in [5, 5.41) is 3.76. The Labute approximate surface area is 131 Å². The zero-order valence-electron chi connectivity index (χ0n) is 11.0. The van der Waals surface area contributed by atoms with E-state index in [2.05, 4.69) is 5.32 Å². The van der Waals surface area contributed by atoms with Crippen molar-refractivity contribution in [1.82, 2.24) is 0 Å². The molecule has 2 aromatic carbocycles. The van der Waals surface area contributed by atoms with Gasteiger partial charge >= 0.3 is 0 Å². The lowest BCUT2D eigenvalue weighted by molar-refractivity contribution is -0.116. The molecular weight excluding hydrogens is 311 g/mol. The third-order valence-corrected chi connectivity index (χ3v) is 3.63. The number of fused-ring (bicyclic) bond motifs is 1. The number of halogens is 2. The van der Waals surface area contributed by atoms with Crippen LogP contribution in [0.15, 0.2) is 30.3 Å². The number of rotatable bonds is 2. The van der Waals surface area contributed by atoms with Crippen molar-refractivity contribution in [2.24, 2.45) is 0 Å². The Morgan fingerprint density at radius 2 is 1.76 bits per heavy atom. The number of benzene rings is 2. The number of nitrogen functional groups attached to an aromatic ring is 1. The summed E-state index contributed by atoms with van der Waals surface area (Å²) in [6.45, 7) is 0. The maximum absolute atomic E-state index is 11.5. The van der Waals surface area contributed by atoms with E-state index in [9.17, 15) is 4.79 Å². The first kappa shape index (κ1) is 14.0. The molecule has 0 unspecified atom stereocenters. The number of carbonyl (C=O) groups excluding carboxylic acids is 1. The molecule has 0 radical (unpaired) electrons. The predicted molar refractivity (Wildman–Crippen MR) is 84.3 cm³/mol. The Morgan fingerprint density at radius 3 is 2.48 bits per heavy atom. The highest BCUT2D eigenvalue weighted by molar-refractivity contribution is 6.34. The van der Waals surface area contributed by atoms with E-state index in [4.69, 9.17) is 33.7 Å². The van der Waals surface area contributed by atoms with Crippen molar-refractivity contribution < 1.29 is 9.53 Å². The lowest BCUT2D eigenvalue weighted by Crippen LogP contribution is -2.19. The molecule has 108 valence electrons. The highest BCUT2D eigenvalue weighted by atomic mass is 35.5. The summed E-state index contributed by atoms with van der Waals surface area (Å²) in [5.41, 5.74) is 8.23. The van der Waals surface area contributed by atoms with E-state index in [0.29, 0.717) is 40.1 Å². The van der Waals surface area contributed by atoms with Crippen LogP contribution >= 0.6 is 23.2 Å². The third-order valence-electron chi connectivity index (χ3n) is 3.19. The number of carbonyl (C=O) groups is 1. The molecule has 3 rings (SSSR count). The quantitative estimate of drug-likeness (QED) is 0.812. The van der Waals surface area contributed by atoms with Gasteiger partial charge in [0.2, 0.25) is 5.91 Å². The number of nitrogens with two attached hydrogens (primary N) is 1. The molecule has 1 aliphatic heterocycles. The van der Waals surface area contributed by atoms with Crippen molar-refractivity contribution in [2.75, 3.05) is 11.1 Å². The molecule has 0 atom stereocenters. The van der Waals surface area contributed by atoms with Crippen LogP contribution in [0.1, 0.15) is 12.0 Å². The summed E-state index contributed by atoms with van der Waals surface area (Å²) in [4.78, 5) is 11.5. The molecule has 0 fully saturated rings. The van der Waals surface area contributed by atoms with E-state index in [1.54, 1.807) is 24.3 Å². The van der Waals surface area contributed by atoms with Crippen molar-refractivity contribution in [2.45, 2.75) is 12.8 Å². The molecule has 1 aliphatic rings. The van der Waals surface area contributed by atoms with Crippen molar-refractivity contribution in [1.29, 1.82) is 0 Å². The number of aryl methyl sites for hydroxylation is 1. The second-order valence-electron chi connectivity index (χ2n) is 4.80. The van der Waals surface area contributed by atoms with Gasteiger partial charge in [0.25, 0.3) is 0 Å². The lowest BCUT2D eigenvalue weighted by atomic mass is 10.0. The van der Waals surface area contributed by atoms with E-state index in [1.165, 1.54) is 0 Å². The zero-order chi connectivity index (χ0) is 15.0. The lowest BCUT2D eigenvalue weighted by Gasteiger charge is -2.19. The fraction of sp³-hybridized carbons (Fsp3) is 0.133. The number of ether oxygens (including phenoxy) is 1. The number of amides is 1. The summed E-state index contributed by atoms with van der Waals surface area (Å²) in [7, 11) is 0. The largest absolute Gasteiger partial charge is 0.455 e. The third kappa shape index (κ3) is 3.06. The standard InChI is InChI=1S/C15H12Cl2N2O2/c16-9-4-10(17)6-11(5-9)21-14-7-13-8(3-12(14)18)1-2-15(20)19-13/h3-7H,1-2,18H2,(H,19,20). The first-order chi connectivity index (χ1) is 10.0. The van der Waals surface area contributed by atoms with Gasteiger partial charge in [0.15, 0.2) is 5.75 Å². The van der Waals surface area contributed by atoms with Gasteiger partial charge < -0.3 is 15.8 Å². The van der Waals surface area contributed by atoms with Gasteiger partial charge in [-0.25, -0.2) is 0 Å². The van der Waals surface area contributed by atoms with E-state index < -0.39 is 0 Å². The average molecular weight is 323 g/mol. The van der Waals surface area contributed by atoms with Crippen molar-refractivity contribution in [3.8, 4) is 11.5 Å². The topological polar surface area (TPSA) is 64.3 Å². The molecule has 1 amide bonds. The van der Waals surface area contributed by atoms with E-state index in [-0.39, 0.29) is 5.91 Å². The van der Waals surface area contributed by atoms with Crippen LogP contribution in [0.5, 0.6) is 11.5 Å². The minimum Gasteiger partial charge on any atom is -0.455 e. The highest BCUT2D eigenvalue weighted by Gasteiger charge is 2.17. The number of hydrogen-bond acceptors (Lipinski definition) is 3. The van der Waals surface area contributed by atoms with Gasteiger partial charge in [0, 0.05) is 28.2 Å². The van der Waals surface area contributed by atoms with E-state index in [1.807, 2.05) is 6.07 Å². The van der Waals surface area contributed by atoms with Crippen molar-refractivity contribution in [3.63, 3.8) is 0 Å². The highest BCUT2D eigenvalue weighted by Crippen LogP contribution is 2.36. The van der Waals surface area contributed by atoms with Crippen molar-refractivity contribution in [3.05, 3.63) is 45.9 Å². The second kappa shape index (κ2) is 5.47. The molecule has 0 saturated carbocycles. The van der Waals surface area contributed by atoms with E-state index in [0.717, 1.165) is 11.3 Å². The number of anilines is 2. The molecule has 0 bridgehead atoms. The van der Waals surface area contributed by atoms with Crippen LogP contribution < -0.4 is 15.8 Å². The maximum atomic E-state index is 11.5. The molecule has 4 nitrogen and oxygen atoms in total. The molecule has 3 N–H and O–H groups in total. The monoisotopic (exact) mass is 322 g/mol. The summed E-state index contributed by atoms with van der Waals surface area (Å²) < 4.78 is 5.73. The first-order valence-corrected chi connectivity index (χ1v) is 7.13. The van der Waals surface area contributed by atoms with Gasteiger partial charge in [-0.2, -0.15) is 0 Å². The molecule has 0 aromatic heterocycles. The van der Waals surface area contributed by atoms with E-state index >= 15 is 0 Å². The van der Waals surface area contributed by atoms with Gasteiger partial charge in [-0.1, -0.05) is 23.2 Å². The Balaban J connectivity index is 1.95. The summed E-state index contributed by atoms with van der Waals surface area (Å²) in [5.74, 6) is 0.930. The summed E-state index contributed by atoms with van der Waals surface area (Å²) in [6.07, 6.45) is 1.14. The van der Waals surface area contributed by atoms with Crippen LogP contribution in [0.3, 0.4) is 0 Å². The molecule has 6 heteroatoms. The van der Waals surface area contributed by atoms with Gasteiger partial charge in [-0.3, -0.25) is 4.79 Å². The van der Waals surface area contributed by atoms with Crippen LogP contribution in [0.25, 0.3) is 0 Å². The van der Waals surface area contributed by atoms with Gasteiger partial charge in [-0.05, 0) is 36.2 Å². The maximum Gasteiger partial charge on any atom is 0.224 e. The van der Waals surface area contributed by atoms with Crippen molar-refractivity contribution >= 4 is 40.5 Å². The molecule has 21 heavy (non-hydrogen) atoms. The fourth-order valence-electron chi connectivity index (χ4n) is 2.23. The average Bonchev–Trinajstić information content (AvgIpc) is 2.39. The Kier molecular flexibility index (Phi) is 3.66. The normalized spacial score (nSPS) is 13.5. The molecular formula is C15H12Cl2N2O2. The molecule has 2 aromatic rings. The number of hydrogen-bond donors (Lipinski definition) is 2. The van der Waals surface area contributed by atoms with Crippen LogP contribution in [-0.2, 0) is 11.2 Å². The zero-order valence-corrected chi connectivity index (χ0v) is 12.5. The minimum atomic E-state index is -0.0102. The molecule has 0 spiro atoms. The smallest absolute Gasteiger partial charge is 0.224 e. The van der Waals surface area contributed by atoms with Crippen LogP contribution in [0, 0.1) is 0 Å². The van der Waals surface area contributed by atoms with Gasteiger partial charge in [0.05, 0.1) is 5.69 Å². The SMILES string of the molecule is Nc1cc2c(cc1Oc1cc(Cl)cc(Cl)c1)NC(=O)CC2. The Morgan fingerprint density at radius 1 is 1.05 bits per heavy atom. The summed E-state index contributed by atoms with van der Waals surface area (Å²) in [6, 6.07) is 8.44. The number of nitrogens with one attached hydrogen (secondary N) is 1. The predicted octanol–water partition coefficient (Wildman–Crippen LogP) is 4.25. The Hall–Kier alpha value is -1.91. The minimum absolute atomic E-state index is 0.0102. The Bertz CT molecular complexity index is 712. The molecule has 0 saturated heterocycles. The van der Waals surface area contributed by atoms with Gasteiger partial charge in [0.1, 0.15) is 5.75 Å². The van der Waals surface area contributed by atoms with Crippen LogP contribution in [-0.4, -0.2) is 5.91 Å². The second-order valence-corrected chi connectivity index (χ2v) is 5.68. The van der Waals surface area contributed by atoms with Gasteiger partial charge in [-0.15, -0.1) is 0 Å². The van der Waals surface area contributed by atoms with Crippen LogP contribution in [0.4, 0.5) is 11.4 Å². The van der Waals surface area contributed by atoms with Crippen LogP contribution in [0.2, 0.25) is 10.0 Å². The summed E-state index contributed by atoms with van der Waals surface area (Å²) >= 11 is 11.9. The molecule has 0 aliphatic carbocycles. The first-order valence-electron chi connectivity index (χ1n) is 6.37.